The van der Waals surface area contributed by atoms with Crippen molar-refractivity contribution in [2.24, 2.45) is 0 Å². The van der Waals surface area contributed by atoms with Crippen molar-refractivity contribution in [2.75, 3.05) is 52.4 Å². The van der Waals surface area contributed by atoms with E-state index in [2.05, 4.69) is 17.1 Å². The monoisotopic (exact) mass is 269 g/mol. The Bertz CT molecular complexity index is 272. The largest absolute Gasteiger partial charge is 0.377 e. The minimum Gasteiger partial charge on any atom is -0.377 e. The molecule has 0 bridgehead atoms. The molecular weight excluding hydrogens is 242 g/mol. The topological polar surface area (TPSA) is 44.8 Å². The highest BCUT2D eigenvalue weighted by Crippen LogP contribution is 2.13. The second-order valence-electron chi connectivity index (χ2n) is 5.45. The van der Waals surface area contributed by atoms with Gasteiger partial charge < -0.3 is 15.0 Å². The zero-order valence-corrected chi connectivity index (χ0v) is 12.1. The predicted octanol–water partition coefficient (Wildman–Crippen LogP) is 0.309. The van der Waals surface area contributed by atoms with Gasteiger partial charge in [0.05, 0.1) is 12.6 Å². The first-order valence-corrected chi connectivity index (χ1v) is 7.62. The molecule has 5 heteroatoms. The van der Waals surface area contributed by atoms with Gasteiger partial charge in [0, 0.05) is 32.8 Å². The van der Waals surface area contributed by atoms with Crippen molar-refractivity contribution in [3.63, 3.8) is 0 Å². The lowest BCUT2D eigenvalue weighted by Crippen LogP contribution is -2.43. The number of amides is 1. The number of ether oxygens (including phenoxy) is 1. The predicted molar refractivity (Wildman–Crippen MR) is 75.2 cm³/mol. The van der Waals surface area contributed by atoms with Crippen LogP contribution in [0.1, 0.15) is 26.2 Å². The maximum absolute atomic E-state index is 12.3. The van der Waals surface area contributed by atoms with E-state index in [0.29, 0.717) is 12.6 Å². The quantitative estimate of drug-likeness (QED) is 0.780. The van der Waals surface area contributed by atoms with Crippen LogP contribution < -0.4 is 5.32 Å². The first-order chi connectivity index (χ1) is 9.29. The number of likely N-dealkylation sites (N-methyl/N-ethyl adjacent to an activating group) is 1. The van der Waals surface area contributed by atoms with E-state index in [1.165, 1.54) is 0 Å². The van der Waals surface area contributed by atoms with Gasteiger partial charge in [-0.25, -0.2) is 0 Å². The Kier molecular flexibility index (Phi) is 6.07. The summed E-state index contributed by atoms with van der Waals surface area (Å²) in [5, 5.41) is 3.33. The Hall–Kier alpha value is -0.650. The zero-order chi connectivity index (χ0) is 13.5. The Morgan fingerprint density at radius 1 is 1.37 bits per heavy atom. The van der Waals surface area contributed by atoms with Gasteiger partial charge in [0.2, 0.25) is 5.91 Å². The number of hydrogen-bond acceptors (Lipinski definition) is 4. The third kappa shape index (κ3) is 4.75. The van der Waals surface area contributed by atoms with Crippen LogP contribution in [0, 0.1) is 0 Å². The molecule has 1 N–H and O–H groups in total. The first kappa shape index (κ1) is 14.8. The lowest BCUT2D eigenvalue weighted by molar-refractivity contribution is -0.132. The number of hydrogen-bond donors (Lipinski definition) is 1. The van der Waals surface area contributed by atoms with Crippen molar-refractivity contribution < 1.29 is 9.53 Å². The summed E-state index contributed by atoms with van der Waals surface area (Å²) in [5.41, 5.74) is 0. The van der Waals surface area contributed by atoms with Crippen molar-refractivity contribution in [3.05, 3.63) is 0 Å². The lowest BCUT2D eigenvalue weighted by atomic mass is 10.2. The molecule has 1 unspecified atom stereocenters. The van der Waals surface area contributed by atoms with Crippen molar-refractivity contribution in [3.8, 4) is 0 Å². The first-order valence-electron chi connectivity index (χ1n) is 7.62. The van der Waals surface area contributed by atoms with Crippen LogP contribution >= 0.6 is 0 Å². The molecule has 2 aliphatic heterocycles. The standard InChI is InChI=1S/C14H27N3O2/c1-2-16(11-13-5-3-10-19-13)12-14(18)17-8-4-6-15-7-9-17/h13,15H,2-12H2,1H3. The molecule has 0 aromatic rings. The van der Waals surface area contributed by atoms with Crippen molar-refractivity contribution >= 4 is 5.91 Å². The van der Waals surface area contributed by atoms with Crippen LogP contribution in [0.2, 0.25) is 0 Å². The van der Waals surface area contributed by atoms with Crippen LogP contribution in [-0.4, -0.2) is 74.2 Å². The van der Waals surface area contributed by atoms with E-state index in [-0.39, 0.29) is 5.91 Å². The molecule has 2 saturated heterocycles. The summed E-state index contributed by atoms with van der Waals surface area (Å²) in [6.07, 6.45) is 3.69. The Balaban J connectivity index is 1.77. The van der Waals surface area contributed by atoms with Crippen molar-refractivity contribution in [1.82, 2.24) is 15.1 Å². The van der Waals surface area contributed by atoms with Gasteiger partial charge in [-0.1, -0.05) is 6.92 Å². The molecule has 0 aliphatic carbocycles. The maximum Gasteiger partial charge on any atom is 0.236 e. The lowest BCUT2D eigenvalue weighted by Gasteiger charge is -2.27. The summed E-state index contributed by atoms with van der Waals surface area (Å²) in [7, 11) is 0. The SMILES string of the molecule is CCN(CC(=O)N1CCCNCC1)CC1CCCO1. The van der Waals surface area contributed by atoms with Crippen LogP contribution in [0.5, 0.6) is 0 Å². The van der Waals surface area contributed by atoms with Crippen LogP contribution in [0.3, 0.4) is 0 Å². The molecule has 0 radical (unpaired) electrons. The summed E-state index contributed by atoms with van der Waals surface area (Å²) in [5.74, 6) is 0.267. The van der Waals surface area contributed by atoms with Gasteiger partial charge in [0.25, 0.3) is 0 Å². The van der Waals surface area contributed by atoms with Crippen LogP contribution in [0.4, 0.5) is 0 Å². The molecule has 110 valence electrons. The fourth-order valence-corrected chi connectivity index (χ4v) is 2.77. The normalized spacial score (nSPS) is 24.7. The molecular formula is C14H27N3O2. The molecule has 0 spiro atoms. The van der Waals surface area contributed by atoms with Crippen LogP contribution in [0.15, 0.2) is 0 Å². The third-order valence-electron chi connectivity index (χ3n) is 3.98. The molecule has 5 nitrogen and oxygen atoms in total. The molecule has 0 aromatic carbocycles. The van der Waals surface area contributed by atoms with E-state index in [1.54, 1.807) is 0 Å². The highest BCUT2D eigenvalue weighted by atomic mass is 16.5. The summed E-state index contributed by atoms with van der Waals surface area (Å²) < 4.78 is 5.66. The fraction of sp³-hybridized carbons (Fsp3) is 0.929. The van der Waals surface area contributed by atoms with Gasteiger partial charge >= 0.3 is 0 Å². The van der Waals surface area contributed by atoms with Crippen LogP contribution in [0.25, 0.3) is 0 Å². The Labute approximate surface area is 116 Å². The summed E-state index contributed by atoms with van der Waals surface area (Å²) in [4.78, 5) is 16.5. The maximum atomic E-state index is 12.3. The molecule has 1 amide bonds. The van der Waals surface area contributed by atoms with Gasteiger partial charge in [0.15, 0.2) is 0 Å². The number of carbonyl (C=O) groups is 1. The molecule has 2 heterocycles. The van der Waals surface area contributed by atoms with Crippen LogP contribution in [-0.2, 0) is 9.53 Å². The highest BCUT2D eigenvalue weighted by molar-refractivity contribution is 5.78. The molecule has 2 aliphatic rings. The van der Waals surface area contributed by atoms with E-state index in [4.69, 9.17) is 4.74 Å². The van der Waals surface area contributed by atoms with Crippen molar-refractivity contribution in [2.45, 2.75) is 32.3 Å². The Morgan fingerprint density at radius 3 is 3.00 bits per heavy atom. The smallest absolute Gasteiger partial charge is 0.236 e. The third-order valence-corrected chi connectivity index (χ3v) is 3.98. The second-order valence-corrected chi connectivity index (χ2v) is 5.45. The van der Waals surface area contributed by atoms with Gasteiger partial charge in [0.1, 0.15) is 0 Å². The average molecular weight is 269 g/mol. The molecule has 2 rings (SSSR count). The molecule has 0 saturated carbocycles. The fourth-order valence-electron chi connectivity index (χ4n) is 2.77. The van der Waals surface area contributed by atoms with Crippen molar-refractivity contribution in [1.29, 1.82) is 0 Å². The second kappa shape index (κ2) is 7.82. The van der Waals surface area contributed by atoms with E-state index < -0.39 is 0 Å². The minimum atomic E-state index is 0.267. The molecule has 19 heavy (non-hydrogen) atoms. The minimum absolute atomic E-state index is 0.267. The van der Waals surface area contributed by atoms with Gasteiger partial charge in [-0.3, -0.25) is 9.69 Å². The Morgan fingerprint density at radius 2 is 2.26 bits per heavy atom. The van der Waals surface area contributed by atoms with E-state index in [1.807, 2.05) is 4.90 Å². The van der Waals surface area contributed by atoms with E-state index in [9.17, 15) is 4.79 Å². The number of carbonyl (C=O) groups excluding carboxylic acids is 1. The summed E-state index contributed by atoms with van der Waals surface area (Å²) >= 11 is 0. The molecule has 1 atom stereocenters. The van der Waals surface area contributed by atoms with Gasteiger partial charge in [-0.05, 0) is 32.4 Å². The summed E-state index contributed by atoms with van der Waals surface area (Å²) in [6.45, 7) is 9.03. The molecule has 0 aromatic heterocycles. The highest BCUT2D eigenvalue weighted by Gasteiger charge is 2.22. The van der Waals surface area contributed by atoms with E-state index in [0.717, 1.165) is 65.1 Å². The van der Waals surface area contributed by atoms with E-state index >= 15 is 0 Å². The number of rotatable bonds is 5. The summed E-state index contributed by atoms with van der Waals surface area (Å²) in [6, 6.07) is 0. The number of nitrogens with zero attached hydrogens (tertiary/aromatic N) is 2. The molecule has 2 fully saturated rings. The van der Waals surface area contributed by atoms with Gasteiger partial charge in [-0.15, -0.1) is 0 Å². The average Bonchev–Trinajstić information content (AvgIpc) is 2.77. The number of nitrogens with one attached hydrogen (secondary N) is 1. The van der Waals surface area contributed by atoms with Gasteiger partial charge in [-0.2, -0.15) is 0 Å². The zero-order valence-electron chi connectivity index (χ0n) is 12.1.